The summed E-state index contributed by atoms with van der Waals surface area (Å²) in [5, 5.41) is 6.58. The zero-order valence-corrected chi connectivity index (χ0v) is 28.5. The van der Waals surface area contributed by atoms with Gasteiger partial charge in [0.05, 0.1) is 24.4 Å². The molecule has 4 aliphatic rings. The van der Waals surface area contributed by atoms with E-state index in [1.54, 1.807) is 12.1 Å². The lowest BCUT2D eigenvalue weighted by Crippen LogP contribution is -2.50. The van der Waals surface area contributed by atoms with E-state index in [1.165, 1.54) is 0 Å². The van der Waals surface area contributed by atoms with Gasteiger partial charge in [0.1, 0.15) is 5.60 Å². The molecule has 11 heteroatoms. The van der Waals surface area contributed by atoms with Crippen molar-refractivity contribution < 1.29 is 19.1 Å². The van der Waals surface area contributed by atoms with Crippen LogP contribution in [-0.4, -0.2) is 98.3 Å². The van der Waals surface area contributed by atoms with Crippen LogP contribution in [0.15, 0.2) is 53.7 Å². The molecule has 244 valence electrons. The van der Waals surface area contributed by atoms with Gasteiger partial charge in [-0.2, -0.15) is 5.10 Å². The maximum Gasteiger partial charge on any atom is 0.253 e. The zero-order chi connectivity index (χ0) is 30.3. The zero-order valence-electron chi connectivity index (χ0n) is 26.8. The van der Waals surface area contributed by atoms with E-state index in [0.29, 0.717) is 23.4 Å². The van der Waals surface area contributed by atoms with Gasteiger partial charge in [-0.15, -0.1) is 24.8 Å². The summed E-state index contributed by atoms with van der Waals surface area (Å²) in [4.78, 5) is 33.7. The highest BCUT2D eigenvalue weighted by Crippen LogP contribution is 2.46. The molecule has 3 aliphatic heterocycles. The Kier molecular flexibility index (Phi) is 10.9. The monoisotopic (exact) mass is 657 g/mol. The number of carbonyl (C=O) groups is 2. The molecule has 0 spiro atoms. The molecule has 1 saturated heterocycles. The summed E-state index contributed by atoms with van der Waals surface area (Å²) in [6.07, 6.45) is 6.44. The van der Waals surface area contributed by atoms with Gasteiger partial charge in [-0.1, -0.05) is 12.2 Å². The first-order valence-electron chi connectivity index (χ1n) is 15.4. The van der Waals surface area contributed by atoms with E-state index in [2.05, 4.69) is 56.0 Å². The fourth-order valence-electron chi connectivity index (χ4n) is 6.69. The second-order valence-electron chi connectivity index (χ2n) is 12.9. The van der Waals surface area contributed by atoms with Crippen LogP contribution in [0, 0.1) is 11.8 Å². The molecule has 0 unspecified atom stereocenters. The number of anilines is 1. The molecule has 6 rings (SSSR count). The van der Waals surface area contributed by atoms with Crippen LogP contribution in [0.5, 0.6) is 11.5 Å². The number of nitrogens with zero attached hydrogens (tertiary/aromatic N) is 5. The molecule has 0 aromatic heterocycles. The number of hydrogen-bond acceptors (Lipinski definition) is 7. The van der Waals surface area contributed by atoms with Gasteiger partial charge < -0.3 is 19.3 Å². The van der Waals surface area contributed by atoms with Gasteiger partial charge in [-0.25, -0.2) is 5.01 Å². The Morgan fingerprint density at radius 2 is 1.67 bits per heavy atom. The molecule has 9 nitrogen and oxygen atoms in total. The Morgan fingerprint density at radius 1 is 1.00 bits per heavy atom. The van der Waals surface area contributed by atoms with Crippen molar-refractivity contribution in [1.82, 2.24) is 14.7 Å². The third-order valence-corrected chi connectivity index (χ3v) is 9.10. The molecule has 0 radical (unpaired) electrons. The first-order chi connectivity index (χ1) is 20.6. The first kappa shape index (κ1) is 34.8. The highest BCUT2D eigenvalue weighted by molar-refractivity contribution is 6.12. The Morgan fingerprint density at radius 3 is 2.31 bits per heavy atom. The molecule has 3 heterocycles. The number of rotatable bonds is 7. The van der Waals surface area contributed by atoms with Gasteiger partial charge in [0, 0.05) is 68.3 Å². The van der Waals surface area contributed by atoms with Crippen molar-refractivity contribution in [3.05, 3.63) is 65.2 Å². The lowest BCUT2D eigenvalue weighted by Gasteiger charge is -2.37. The van der Waals surface area contributed by atoms with E-state index in [1.807, 2.05) is 35.2 Å². The molecule has 0 N–H and O–H groups in total. The second kappa shape index (κ2) is 14.1. The summed E-state index contributed by atoms with van der Waals surface area (Å²) < 4.78 is 11.9. The number of piperazine rings is 1. The number of amides is 2. The van der Waals surface area contributed by atoms with Gasteiger partial charge in [0.25, 0.3) is 11.8 Å². The maximum atomic E-state index is 13.8. The minimum absolute atomic E-state index is 0. The molecule has 1 fully saturated rings. The summed E-state index contributed by atoms with van der Waals surface area (Å²) in [5.74, 6) is 1.29. The first-order valence-corrected chi connectivity index (χ1v) is 15.4. The Hall–Kier alpha value is -3.11. The van der Waals surface area contributed by atoms with Gasteiger partial charge in [-0.05, 0) is 77.2 Å². The SMILES string of the molecule is COc1ccc(C2=NN(c3ccc(C(=O)N4CCN(CCN(C)C)CC4)cc3)C(=O)[C@@H]3CC=CC[C@H]23)c2c1OC(C)(C)C2.Cl.Cl. The van der Waals surface area contributed by atoms with E-state index in [9.17, 15) is 9.59 Å². The van der Waals surface area contributed by atoms with Gasteiger partial charge in [0.2, 0.25) is 0 Å². The van der Waals surface area contributed by atoms with Crippen LogP contribution in [0.3, 0.4) is 0 Å². The average Bonchev–Trinajstić information content (AvgIpc) is 3.35. The molecule has 1 aliphatic carbocycles. The highest BCUT2D eigenvalue weighted by atomic mass is 35.5. The molecule has 2 amide bonds. The lowest BCUT2D eigenvalue weighted by atomic mass is 9.75. The third kappa shape index (κ3) is 7.02. The van der Waals surface area contributed by atoms with Crippen molar-refractivity contribution in [2.24, 2.45) is 16.9 Å². The number of allylic oxidation sites excluding steroid dienone is 2. The quantitative estimate of drug-likeness (QED) is 0.394. The Balaban J connectivity index is 0.00000230. The number of hydrogen-bond donors (Lipinski definition) is 0. The number of benzene rings is 2. The Bertz CT molecular complexity index is 1450. The van der Waals surface area contributed by atoms with Gasteiger partial charge >= 0.3 is 0 Å². The van der Waals surface area contributed by atoms with Gasteiger partial charge in [0.15, 0.2) is 11.5 Å². The molecule has 0 bridgehead atoms. The van der Waals surface area contributed by atoms with Crippen LogP contribution in [0.4, 0.5) is 5.69 Å². The van der Waals surface area contributed by atoms with Crippen molar-refractivity contribution >= 4 is 48.0 Å². The van der Waals surface area contributed by atoms with Crippen LogP contribution >= 0.6 is 24.8 Å². The second-order valence-corrected chi connectivity index (χ2v) is 12.9. The van der Waals surface area contributed by atoms with E-state index in [4.69, 9.17) is 14.6 Å². The minimum atomic E-state index is -0.358. The predicted octanol–water partition coefficient (Wildman–Crippen LogP) is 4.91. The number of fused-ring (bicyclic) bond motifs is 2. The summed E-state index contributed by atoms with van der Waals surface area (Å²) in [7, 11) is 5.82. The predicted molar refractivity (Wildman–Crippen MR) is 183 cm³/mol. The molecule has 0 saturated carbocycles. The summed E-state index contributed by atoms with van der Waals surface area (Å²) in [6.45, 7) is 9.38. The number of carbonyl (C=O) groups excluding carboxylic acids is 2. The molecule has 45 heavy (non-hydrogen) atoms. The van der Waals surface area contributed by atoms with Crippen LogP contribution in [0.1, 0.15) is 48.2 Å². The van der Waals surface area contributed by atoms with E-state index in [-0.39, 0.29) is 54.1 Å². The molecule has 2 aromatic rings. The maximum absolute atomic E-state index is 13.8. The van der Waals surface area contributed by atoms with Crippen molar-refractivity contribution in [2.75, 3.05) is 65.5 Å². The fourth-order valence-corrected chi connectivity index (χ4v) is 6.69. The van der Waals surface area contributed by atoms with E-state index >= 15 is 0 Å². The third-order valence-electron chi connectivity index (χ3n) is 9.10. The number of methoxy groups -OCH3 is 1. The fraction of sp³-hybridized carbons (Fsp3) is 0.500. The smallest absolute Gasteiger partial charge is 0.253 e. The van der Waals surface area contributed by atoms with Crippen LogP contribution in [-0.2, 0) is 11.2 Å². The normalized spacial score (nSPS) is 22.1. The molecule has 2 atom stereocenters. The van der Waals surface area contributed by atoms with Crippen molar-refractivity contribution in [3.63, 3.8) is 0 Å². The van der Waals surface area contributed by atoms with E-state index < -0.39 is 0 Å². The standard InChI is InChI=1S/C34H43N5O4.2ClH/c1-34(2)22-28-26(14-15-29(42-5)31(28)43-34)30-25-8-6-7-9-27(25)33(41)39(35-30)24-12-10-23(11-13-24)32(40)38-20-18-37(19-21-38)17-16-36(3)4;;/h6-7,10-15,25,27H,8-9,16-22H2,1-5H3;2*1H/t25-,27+;;/m0../s1. The largest absolute Gasteiger partial charge is 0.493 e. The lowest BCUT2D eigenvalue weighted by molar-refractivity contribution is -0.123. The Labute approximate surface area is 279 Å². The van der Waals surface area contributed by atoms with E-state index in [0.717, 1.165) is 74.7 Å². The molecular weight excluding hydrogens is 613 g/mol. The number of ether oxygens (including phenoxy) is 2. The summed E-state index contributed by atoms with van der Waals surface area (Å²) in [6, 6.07) is 11.4. The molecular formula is C34H45Cl2N5O4. The molecule has 2 aromatic carbocycles. The van der Waals surface area contributed by atoms with Crippen molar-refractivity contribution in [2.45, 2.75) is 38.7 Å². The van der Waals surface area contributed by atoms with Crippen LogP contribution in [0.25, 0.3) is 0 Å². The summed E-state index contributed by atoms with van der Waals surface area (Å²) in [5.41, 5.74) is 3.94. The summed E-state index contributed by atoms with van der Waals surface area (Å²) >= 11 is 0. The van der Waals surface area contributed by atoms with Crippen LogP contribution < -0.4 is 14.5 Å². The number of halogens is 2. The van der Waals surface area contributed by atoms with Crippen LogP contribution in [0.2, 0.25) is 0 Å². The topological polar surface area (TPSA) is 77.9 Å². The minimum Gasteiger partial charge on any atom is -0.493 e. The number of hydrazone groups is 1. The van der Waals surface area contributed by atoms with Crippen molar-refractivity contribution in [1.29, 1.82) is 0 Å². The highest BCUT2D eigenvalue weighted by Gasteiger charge is 2.43. The van der Waals surface area contributed by atoms with Gasteiger partial charge in [-0.3, -0.25) is 14.5 Å². The number of likely N-dealkylation sites (N-methyl/N-ethyl adjacent to an activating group) is 1. The average molecular weight is 659 g/mol. The van der Waals surface area contributed by atoms with Crippen molar-refractivity contribution in [3.8, 4) is 11.5 Å².